The third-order valence-corrected chi connectivity index (χ3v) is 3.24. The average Bonchev–Trinajstić information content (AvgIpc) is 2.41. The van der Waals surface area contributed by atoms with Crippen molar-refractivity contribution in [2.75, 3.05) is 7.05 Å². The van der Waals surface area contributed by atoms with E-state index in [1.54, 1.807) is 11.9 Å². The van der Waals surface area contributed by atoms with Crippen LogP contribution in [0.25, 0.3) is 0 Å². The van der Waals surface area contributed by atoms with Crippen LogP contribution in [0.5, 0.6) is 0 Å². The first-order valence-corrected chi connectivity index (χ1v) is 5.58. The summed E-state index contributed by atoms with van der Waals surface area (Å²) in [7, 11) is 1.73. The van der Waals surface area contributed by atoms with Crippen LogP contribution in [0.4, 0.5) is 0 Å². The molecule has 1 amide bonds. The van der Waals surface area contributed by atoms with Gasteiger partial charge in [0.1, 0.15) is 0 Å². The molecule has 0 saturated carbocycles. The third kappa shape index (κ3) is 1.92. The summed E-state index contributed by atoms with van der Waals surface area (Å²) in [6, 6.07) is 7.47. The van der Waals surface area contributed by atoms with Crippen LogP contribution in [-0.4, -0.2) is 29.1 Å². The van der Waals surface area contributed by atoms with Crippen LogP contribution < -0.4 is 0 Å². The van der Waals surface area contributed by atoms with E-state index in [0.29, 0.717) is 0 Å². The van der Waals surface area contributed by atoms with E-state index < -0.39 is 6.10 Å². The van der Waals surface area contributed by atoms with Crippen LogP contribution in [0.1, 0.15) is 18.0 Å². The van der Waals surface area contributed by atoms with Gasteiger partial charge in [-0.15, -0.1) is 0 Å². The Labute approximate surface area is 96.8 Å². The number of likely N-dealkylation sites (N-methyl/N-ethyl adjacent to an activating group) is 1. The van der Waals surface area contributed by atoms with E-state index in [0.717, 1.165) is 10.0 Å². The predicted molar refractivity (Wildman–Crippen MR) is 60.3 cm³/mol. The van der Waals surface area contributed by atoms with Gasteiger partial charge in [0.2, 0.25) is 5.91 Å². The second-order valence-electron chi connectivity index (χ2n) is 3.78. The van der Waals surface area contributed by atoms with Gasteiger partial charge in [-0.3, -0.25) is 4.79 Å². The third-order valence-electron chi connectivity index (χ3n) is 2.75. The van der Waals surface area contributed by atoms with Crippen molar-refractivity contribution in [2.45, 2.75) is 18.6 Å². The lowest BCUT2D eigenvalue weighted by molar-refractivity contribution is -0.127. The molecule has 1 aliphatic rings. The minimum absolute atomic E-state index is 0.00697. The van der Waals surface area contributed by atoms with Gasteiger partial charge >= 0.3 is 0 Å². The molecule has 2 unspecified atom stereocenters. The molecule has 0 radical (unpaired) electrons. The molecule has 1 aliphatic heterocycles. The minimum Gasteiger partial charge on any atom is -0.390 e. The van der Waals surface area contributed by atoms with E-state index >= 15 is 0 Å². The zero-order valence-electron chi connectivity index (χ0n) is 8.35. The molecular formula is C11H12BrNO2. The van der Waals surface area contributed by atoms with E-state index in [-0.39, 0.29) is 18.4 Å². The maximum atomic E-state index is 11.4. The molecule has 1 saturated heterocycles. The molecule has 0 bridgehead atoms. The van der Waals surface area contributed by atoms with E-state index in [1.807, 2.05) is 24.3 Å². The molecule has 1 aromatic carbocycles. The van der Waals surface area contributed by atoms with Crippen LogP contribution in [0.2, 0.25) is 0 Å². The molecular weight excluding hydrogens is 258 g/mol. The number of benzene rings is 1. The SMILES string of the molecule is CN1C(=O)CC(O)C1c1cccc(Br)c1. The predicted octanol–water partition coefficient (Wildman–Crippen LogP) is 1.71. The first-order valence-electron chi connectivity index (χ1n) is 4.79. The number of halogens is 1. The number of amides is 1. The quantitative estimate of drug-likeness (QED) is 0.844. The molecule has 4 heteroatoms. The van der Waals surface area contributed by atoms with Gasteiger partial charge in [-0.05, 0) is 17.7 Å². The lowest BCUT2D eigenvalue weighted by atomic mass is 10.0. The Kier molecular flexibility index (Phi) is 2.80. The summed E-state index contributed by atoms with van der Waals surface area (Å²) in [5.74, 6) is -0.00697. The summed E-state index contributed by atoms with van der Waals surface area (Å²) in [6.45, 7) is 0. The number of carbonyl (C=O) groups is 1. The van der Waals surface area contributed by atoms with Gasteiger partial charge < -0.3 is 10.0 Å². The highest BCUT2D eigenvalue weighted by atomic mass is 79.9. The molecule has 2 atom stereocenters. The van der Waals surface area contributed by atoms with Crippen LogP contribution in [-0.2, 0) is 4.79 Å². The van der Waals surface area contributed by atoms with Gasteiger partial charge in [-0.2, -0.15) is 0 Å². The van der Waals surface area contributed by atoms with Gasteiger partial charge in [0.15, 0.2) is 0 Å². The molecule has 80 valence electrons. The van der Waals surface area contributed by atoms with Crippen LogP contribution in [0, 0.1) is 0 Å². The topological polar surface area (TPSA) is 40.5 Å². The summed E-state index contributed by atoms with van der Waals surface area (Å²) in [5.41, 5.74) is 0.963. The van der Waals surface area contributed by atoms with Crippen LogP contribution in [0.15, 0.2) is 28.7 Å². The Bertz CT molecular complexity index is 394. The highest BCUT2D eigenvalue weighted by Gasteiger charge is 2.37. The average molecular weight is 270 g/mol. The number of hydrogen-bond acceptors (Lipinski definition) is 2. The van der Waals surface area contributed by atoms with Crippen molar-refractivity contribution in [1.29, 1.82) is 0 Å². The summed E-state index contributed by atoms with van der Waals surface area (Å²) in [6.07, 6.45) is -0.384. The smallest absolute Gasteiger partial charge is 0.225 e. The zero-order valence-corrected chi connectivity index (χ0v) is 9.94. The van der Waals surface area contributed by atoms with E-state index in [9.17, 15) is 9.90 Å². The van der Waals surface area contributed by atoms with Crippen molar-refractivity contribution >= 4 is 21.8 Å². The second kappa shape index (κ2) is 3.94. The van der Waals surface area contributed by atoms with Crippen LogP contribution >= 0.6 is 15.9 Å². The fourth-order valence-electron chi connectivity index (χ4n) is 1.98. The highest BCUT2D eigenvalue weighted by Crippen LogP contribution is 2.32. The maximum Gasteiger partial charge on any atom is 0.225 e. The fraction of sp³-hybridized carbons (Fsp3) is 0.364. The number of aliphatic hydroxyl groups excluding tert-OH is 1. The summed E-state index contributed by atoms with van der Waals surface area (Å²) < 4.78 is 0.958. The number of likely N-dealkylation sites (tertiary alicyclic amines) is 1. The van der Waals surface area contributed by atoms with Crippen molar-refractivity contribution in [3.05, 3.63) is 34.3 Å². The summed E-state index contributed by atoms with van der Waals surface area (Å²) in [5, 5.41) is 9.80. The van der Waals surface area contributed by atoms with E-state index in [2.05, 4.69) is 15.9 Å². The molecule has 1 heterocycles. The molecule has 2 rings (SSSR count). The Hall–Kier alpha value is -0.870. The Morgan fingerprint density at radius 2 is 2.27 bits per heavy atom. The Morgan fingerprint density at radius 1 is 1.53 bits per heavy atom. The van der Waals surface area contributed by atoms with Gasteiger partial charge in [-0.1, -0.05) is 28.1 Å². The summed E-state index contributed by atoms with van der Waals surface area (Å²) in [4.78, 5) is 13.0. The number of hydrogen-bond donors (Lipinski definition) is 1. The molecule has 15 heavy (non-hydrogen) atoms. The lowest BCUT2D eigenvalue weighted by Gasteiger charge is -2.22. The normalized spacial score (nSPS) is 26.1. The van der Waals surface area contributed by atoms with Gasteiger partial charge in [0.25, 0.3) is 0 Å². The molecule has 1 N–H and O–H groups in total. The molecule has 1 aromatic rings. The van der Waals surface area contributed by atoms with E-state index in [1.165, 1.54) is 0 Å². The van der Waals surface area contributed by atoms with Crippen molar-refractivity contribution in [1.82, 2.24) is 4.90 Å². The monoisotopic (exact) mass is 269 g/mol. The fourth-order valence-corrected chi connectivity index (χ4v) is 2.40. The molecule has 0 aromatic heterocycles. The van der Waals surface area contributed by atoms with Crippen molar-refractivity contribution in [3.8, 4) is 0 Å². The maximum absolute atomic E-state index is 11.4. The van der Waals surface area contributed by atoms with E-state index in [4.69, 9.17) is 0 Å². The Balaban J connectivity index is 2.34. The standard InChI is InChI=1S/C11H12BrNO2/c1-13-10(15)6-9(14)11(13)7-3-2-4-8(12)5-7/h2-5,9,11,14H,6H2,1H3. The van der Waals surface area contributed by atoms with Crippen molar-refractivity contribution < 1.29 is 9.90 Å². The first kappa shape index (κ1) is 10.6. The highest BCUT2D eigenvalue weighted by molar-refractivity contribution is 9.10. The molecule has 0 spiro atoms. The number of carbonyl (C=O) groups excluding carboxylic acids is 1. The van der Waals surface area contributed by atoms with Crippen molar-refractivity contribution in [2.24, 2.45) is 0 Å². The first-order chi connectivity index (χ1) is 7.09. The molecule has 0 aliphatic carbocycles. The Morgan fingerprint density at radius 3 is 2.80 bits per heavy atom. The number of nitrogens with zero attached hydrogens (tertiary/aromatic N) is 1. The van der Waals surface area contributed by atoms with Gasteiger partial charge in [0.05, 0.1) is 18.6 Å². The number of rotatable bonds is 1. The summed E-state index contributed by atoms with van der Waals surface area (Å²) >= 11 is 3.38. The lowest BCUT2D eigenvalue weighted by Crippen LogP contribution is -2.25. The largest absolute Gasteiger partial charge is 0.390 e. The zero-order chi connectivity index (χ0) is 11.0. The van der Waals surface area contributed by atoms with Gasteiger partial charge in [0, 0.05) is 11.5 Å². The van der Waals surface area contributed by atoms with Gasteiger partial charge in [-0.25, -0.2) is 0 Å². The minimum atomic E-state index is -0.600. The molecule has 1 fully saturated rings. The molecule has 3 nitrogen and oxygen atoms in total. The van der Waals surface area contributed by atoms with Crippen molar-refractivity contribution in [3.63, 3.8) is 0 Å². The second-order valence-corrected chi connectivity index (χ2v) is 4.69. The van der Waals surface area contributed by atoms with Crippen LogP contribution in [0.3, 0.4) is 0 Å². The number of aliphatic hydroxyl groups is 1.